The number of fused-ring (bicyclic) bond motifs is 1. The van der Waals surface area contributed by atoms with Crippen LogP contribution in [0, 0.1) is 0 Å². The topological polar surface area (TPSA) is 57.5 Å². The second-order valence-electron chi connectivity index (χ2n) is 6.34. The van der Waals surface area contributed by atoms with Crippen molar-refractivity contribution in [2.45, 2.75) is 4.90 Å². The van der Waals surface area contributed by atoms with Crippen LogP contribution >= 0.6 is 15.9 Å². The van der Waals surface area contributed by atoms with Gasteiger partial charge in [0.05, 0.1) is 30.0 Å². The molecular formula is C22H18BrNO4S. The third kappa shape index (κ3) is 3.20. The van der Waals surface area contributed by atoms with Gasteiger partial charge < -0.3 is 9.47 Å². The number of hydrogen-bond acceptors (Lipinski definition) is 4. The first-order valence-electron chi connectivity index (χ1n) is 8.81. The number of halogens is 1. The smallest absolute Gasteiger partial charge is 0.269 e. The Morgan fingerprint density at radius 2 is 1.48 bits per heavy atom. The number of nitrogens with zero attached hydrogens (tertiary/aromatic N) is 1. The van der Waals surface area contributed by atoms with Crippen molar-refractivity contribution < 1.29 is 17.9 Å². The lowest BCUT2D eigenvalue weighted by Gasteiger charge is -2.11. The largest absolute Gasteiger partial charge is 0.497 e. The Balaban J connectivity index is 2.17. The highest BCUT2D eigenvalue weighted by atomic mass is 79.9. The van der Waals surface area contributed by atoms with E-state index in [1.807, 2.05) is 30.3 Å². The van der Waals surface area contributed by atoms with Crippen LogP contribution in [-0.4, -0.2) is 26.6 Å². The predicted molar refractivity (Wildman–Crippen MR) is 117 cm³/mol. The average Bonchev–Trinajstić information content (AvgIpc) is 3.06. The van der Waals surface area contributed by atoms with Crippen molar-refractivity contribution in [3.05, 3.63) is 77.4 Å². The van der Waals surface area contributed by atoms with Gasteiger partial charge in [-0.15, -0.1) is 0 Å². The maximum Gasteiger partial charge on any atom is 0.269 e. The number of hydrogen-bond donors (Lipinski definition) is 0. The molecule has 0 saturated carbocycles. The van der Waals surface area contributed by atoms with Gasteiger partial charge in [-0.1, -0.05) is 48.5 Å². The van der Waals surface area contributed by atoms with Gasteiger partial charge in [0, 0.05) is 17.7 Å². The number of methoxy groups -OCH3 is 2. The minimum atomic E-state index is -3.87. The summed E-state index contributed by atoms with van der Waals surface area (Å²) in [6.45, 7) is 0. The molecule has 0 radical (unpaired) electrons. The molecule has 0 bridgehead atoms. The van der Waals surface area contributed by atoms with Gasteiger partial charge in [0.25, 0.3) is 10.0 Å². The maximum atomic E-state index is 13.6. The fourth-order valence-electron chi connectivity index (χ4n) is 3.38. The highest BCUT2D eigenvalue weighted by Gasteiger charge is 2.29. The quantitative estimate of drug-likeness (QED) is 0.394. The van der Waals surface area contributed by atoms with Crippen LogP contribution in [0.2, 0.25) is 0 Å². The molecule has 3 aromatic carbocycles. The van der Waals surface area contributed by atoms with E-state index in [0.717, 1.165) is 11.1 Å². The molecule has 1 aromatic heterocycles. The van der Waals surface area contributed by atoms with Gasteiger partial charge >= 0.3 is 0 Å². The molecule has 0 saturated heterocycles. The van der Waals surface area contributed by atoms with Gasteiger partial charge in [-0.3, -0.25) is 0 Å². The van der Waals surface area contributed by atoms with Crippen LogP contribution in [0.5, 0.6) is 11.5 Å². The van der Waals surface area contributed by atoms with Crippen molar-refractivity contribution in [2.75, 3.05) is 14.2 Å². The molecule has 0 spiro atoms. The molecule has 7 heteroatoms. The zero-order valence-corrected chi connectivity index (χ0v) is 18.2. The minimum Gasteiger partial charge on any atom is -0.497 e. The van der Waals surface area contributed by atoms with E-state index in [-0.39, 0.29) is 4.90 Å². The molecule has 0 aliphatic carbocycles. The fourth-order valence-corrected chi connectivity index (χ4v) is 5.99. The first-order chi connectivity index (χ1) is 14.0. The molecule has 29 heavy (non-hydrogen) atoms. The van der Waals surface area contributed by atoms with E-state index in [4.69, 9.17) is 9.47 Å². The highest BCUT2D eigenvalue weighted by molar-refractivity contribution is 9.10. The van der Waals surface area contributed by atoms with Crippen LogP contribution in [0.4, 0.5) is 0 Å². The predicted octanol–water partition coefficient (Wildman–Crippen LogP) is 5.33. The first kappa shape index (κ1) is 19.5. The monoisotopic (exact) mass is 471 g/mol. The molecular weight excluding hydrogens is 454 g/mol. The van der Waals surface area contributed by atoms with Gasteiger partial charge in [-0.05, 0) is 33.6 Å². The molecule has 0 N–H and O–H groups in total. The van der Waals surface area contributed by atoms with Crippen LogP contribution in [0.3, 0.4) is 0 Å². The van der Waals surface area contributed by atoms with Crippen molar-refractivity contribution in [3.8, 4) is 22.6 Å². The summed E-state index contributed by atoms with van der Waals surface area (Å²) in [5, 5.41) is 0.686. The molecule has 0 aliphatic rings. The lowest BCUT2D eigenvalue weighted by Crippen LogP contribution is -2.13. The standard InChI is InChI=1S/C22H18BrNO4S/c1-27-16-13-18-21(19(14-16)28-2)20(15-9-5-3-6-10-15)22(23)24(18)29(25,26)17-11-7-4-8-12-17/h3-14H,1-2H3. The molecule has 0 unspecified atom stereocenters. The van der Waals surface area contributed by atoms with E-state index in [9.17, 15) is 8.42 Å². The molecule has 0 aliphatic heterocycles. The summed E-state index contributed by atoms with van der Waals surface area (Å²) >= 11 is 3.56. The van der Waals surface area contributed by atoms with Crippen molar-refractivity contribution in [3.63, 3.8) is 0 Å². The second kappa shape index (κ2) is 7.57. The lowest BCUT2D eigenvalue weighted by molar-refractivity contribution is 0.398. The van der Waals surface area contributed by atoms with E-state index >= 15 is 0 Å². The van der Waals surface area contributed by atoms with Crippen molar-refractivity contribution >= 4 is 36.9 Å². The Hall–Kier alpha value is -2.77. The summed E-state index contributed by atoms with van der Waals surface area (Å²) in [5.74, 6) is 1.03. The number of aromatic nitrogens is 1. The Morgan fingerprint density at radius 1 is 0.862 bits per heavy atom. The Labute approximate surface area is 177 Å². The summed E-state index contributed by atoms with van der Waals surface area (Å²) in [6, 6.07) is 21.4. The third-order valence-corrected chi connectivity index (χ3v) is 7.42. The average molecular weight is 472 g/mol. The second-order valence-corrected chi connectivity index (χ2v) is 8.88. The zero-order chi connectivity index (χ0) is 20.6. The van der Waals surface area contributed by atoms with Crippen molar-refractivity contribution in [2.24, 2.45) is 0 Å². The molecule has 1 heterocycles. The van der Waals surface area contributed by atoms with E-state index in [1.165, 1.54) is 11.1 Å². The van der Waals surface area contributed by atoms with Gasteiger partial charge in [-0.25, -0.2) is 12.4 Å². The zero-order valence-electron chi connectivity index (χ0n) is 15.8. The molecule has 0 amide bonds. The molecule has 5 nitrogen and oxygen atoms in total. The van der Waals surface area contributed by atoms with Gasteiger partial charge in [-0.2, -0.15) is 0 Å². The molecule has 4 aromatic rings. The van der Waals surface area contributed by atoms with Crippen LogP contribution in [0.25, 0.3) is 22.0 Å². The summed E-state index contributed by atoms with van der Waals surface area (Å²) < 4.78 is 39.8. The third-order valence-electron chi connectivity index (χ3n) is 4.71. The summed E-state index contributed by atoms with van der Waals surface area (Å²) in [4.78, 5) is 0.194. The minimum absolute atomic E-state index is 0.194. The van der Waals surface area contributed by atoms with Crippen molar-refractivity contribution in [1.29, 1.82) is 0 Å². The summed E-state index contributed by atoms with van der Waals surface area (Å²) in [6.07, 6.45) is 0. The fraction of sp³-hybridized carbons (Fsp3) is 0.0909. The highest BCUT2D eigenvalue weighted by Crippen LogP contribution is 2.45. The molecule has 4 rings (SSSR count). The van der Waals surface area contributed by atoms with E-state index in [2.05, 4.69) is 15.9 Å². The van der Waals surface area contributed by atoms with Crippen LogP contribution in [0.1, 0.15) is 0 Å². The van der Waals surface area contributed by atoms with E-state index < -0.39 is 10.0 Å². The summed E-state index contributed by atoms with van der Waals surface area (Å²) in [7, 11) is -0.785. The SMILES string of the molecule is COc1cc(OC)c2c(-c3ccccc3)c(Br)n(S(=O)(=O)c3ccccc3)c2c1. The van der Waals surface area contributed by atoms with Crippen LogP contribution < -0.4 is 9.47 Å². The normalized spacial score (nSPS) is 11.6. The Bertz CT molecular complexity index is 1280. The Kier molecular flexibility index (Phi) is 5.10. The van der Waals surface area contributed by atoms with E-state index in [0.29, 0.717) is 27.0 Å². The Morgan fingerprint density at radius 3 is 2.07 bits per heavy atom. The molecule has 0 fully saturated rings. The van der Waals surface area contributed by atoms with Crippen LogP contribution in [-0.2, 0) is 10.0 Å². The molecule has 148 valence electrons. The van der Waals surface area contributed by atoms with Gasteiger partial charge in [0.15, 0.2) is 0 Å². The lowest BCUT2D eigenvalue weighted by atomic mass is 10.0. The van der Waals surface area contributed by atoms with Crippen molar-refractivity contribution in [1.82, 2.24) is 3.97 Å². The number of ether oxygens (including phenoxy) is 2. The van der Waals surface area contributed by atoms with Crippen LogP contribution in [0.15, 0.2) is 82.3 Å². The summed E-state index contributed by atoms with van der Waals surface area (Å²) in [5.41, 5.74) is 2.07. The number of benzene rings is 3. The van der Waals surface area contributed by atoms with Gasteiger partial charge in [0.1, 0.15) is 16.1 Å². The molecule has 0 atom stereocenters. The van der Waals surface area contributed by atoms with Gasteiger partial charge in [0.2, 0.25) is 0 Å². The first-order valence-corrected chi connectivity index (χ1v) is 11.0. The number of rotatable bonds is 5. The van der Waals surface area contributed by atoms with E-state index in [1.54, 1.807) is 49.6 Å². The maximum absolute atomic E-state index is 13.6.